The first-order valence-corrected chi connectivity index (χ1v) is 6.53. The highest BCUT2D eigenvalue weighted by Gasteiger charge is 2.13. The number of aliphatic hydroxyl groups excluding tert-OH is 1. The maximum atomic E-state index is 8.85. The van der Waals surface area contributed by atoms with Gasteiger partial charge in [-0.2, -0.15) is 11.8 Å². The van der Waals surface area contributed by atoms with Gasteiger partial charge in [0, 0.05) is 11.8 Å². The van der Waals surface area contributed by atoms with Gasteiger partial charge >= 0.3 is 0 Å². The summed E-state index contributed by atoms with van der Waals surface area (Å²) in [5.74, 6) is 4.06. The highest BCUT2D eigenvalue weighted by Crippen LogP contribution is 2.17. The summed E-state index contributed by atoms with van der Waals surface area (Å²) in [5, 5.41) is 12.3. The molecule has 0 saturated carbocycles. The topological polar surface area (TPSA) is 45.4 Å². The lowest BCUT2D eigenvalue weighted by Crippen LogP contribution is -2.33. The number of nitrogens with one attached hydrogen (secondary N) is 1. The number of aliphatic hydroxyl groups is 1. The lowest BCUT2D eigenvalue weighted by atomic mass is 10.2. The number of thioether (sulfide) groups is 1. The Labute approximate surface area is 94.2 Å². The van der Waals surface area contributed by atoms with Crippen LogP contribution in [0.15, 0.2) is 16.5 Å². The lowest BCUT2D eigenvalue weighted by molar-refractivity contribution is 0.242. The van der Waals surface area contributed by atoms with E-state index >= 15 is 0 Å². The summed E-state index contributed by atoms with van der Waals surface area (Å²) in [6, 6.07) is 4.37. The smallest absolute Gasteiger partial charge is 0.129 e. The van der Waals surface area contributed by atoms with Crippen molar-refractivity contribution in [2.24, 2.45) is 0 Å². The molecule has 2 heterocycles. The summed E-state index contributed by atoms with van der Waals surface area (Å²) in [7, 11) is 0. The van der Waals surface area contributed by atoms with E-state index in [0.717, 1.165) is 12.3 Å². The molecule has 15 heavy (non-hydrogen) atoms. The predicted octanol–water partition coefficient (Wildman–Crippen LogP) is 1.76. The maximum Gasteiger partial charge on any atom is 0.129 e. The van der Waals surface area contributed by atoms with E-state index in [2.05, 4.69) is 5.32 Å². The molecular formula is C11H17NO2S. The zero-order chi connectivity index (χ0) is 10.5. The van der Waals surface area contributed by atoms with Gasteiger partial charge in [-0.3, -0.25) is 0 Å². The second-order valence-corrected chi connectivity index (χ2v) is 4.97. The molecule has 0 unspecified atom stereocenters. The van der Waals surface area contributed by atoms with Crippen molar-refractivity contribution in [3.05, 3.63) is 23.7 Å². The summed E-state index contributed by atoms with van der Waals surface area (Å²) in [5.41, 5.74) is 0. The van der Waals surface area contributed by atoms with Gasteiger partial charge in [0.05, 0.1) is 6.54 Å². The molecule has 0 aliphatic carbocycles. The number of furan rings is 1. The minimum absolute atomic E-state index is 0.0146. The predicted molar refractivity (Wildman–Crippen MR) is 61.8 cm³/mol. The maximum absolute atomic E-state index is 8.85. The molecule has 1 aromatic rings. The van der Waals surface area contributed by atoms with E-state index in [0.29, 0.717) is 11.8 Å². The molecule has 0 amide bonds. The standard InChI is InChI=1S/C11H17NO2S/c13-7-11-4-3-10(14-11)6-12-9-2-1-5-15-8-9/h3-4,9,12-13H,1-2,5-8H2/t9-/m0/s1. The molecule has 84 valence electrons. The molecule has 0 radical (unpaired) electrons. The van der Waals surface area contributed by atoms with E-state index in [-0.39, 0.29) is 6.61 Å². The quantitative estimate of drug-likeness (QED) is 0.822. The van der Waals surface area contributed by atoms with Crippen LogP contribution < -0.4 is 5.32 Å². The Morgan fingerprint density at radius 1 is 1.47 bits per heavy atom. The molecule has 0 aromatic carbocycles. The molecule has 1 fully saturated rings. The molecule has 0 bridgehead atoms. The molecule has 1 aliphatic rings. The van der Waals surface area contributed by atoms with Gasteiger partial charge in [-0.1, -0.05) is 0 Å². The Morgan fingerprint density at radius 3 is 3.00 bits per heavy atom. The lowest BCUT2D eigenvalue weighted by Gasteiger charge is -2.21. The second-order valence-electron chi connectivity index (χ2n) is 3.82. The van der Waals surface area contributed by atoms with Crippen LogP contribution in [0.25, 0.3) is 0 Å². The van der Waals surface area contributed by atoms with Crippen molar-refractivity contribution in [3.8, 4) is 0 Å². The van der Waals surface area contributed by atoms with Gasteiger partial charge in [0.1, 0.15) is 18.1 Å². The summed E-state index contributed by atoms with van der Waals surface area (Å²) < 4.78 is 5.40. The third-order valence-electron chi connectivity index (χ3n) is 2.60. The summed E-state index contributed by atoms with van der Waals surface area (Å²) in [6.07, 6.45) is 2.57. The Hall–Kier alpha value is -0.450. The van der Waals surface area contributed by atoms with Crippen molar-refractivity contribution in [1.29, 1.82) is 0 Å². The highest BCUT2D eigenvalue weighted by molar-refractivity contribution is 7.99. The van der Waals surface area contributed by atoms with Crippen molar-refractivity contribution in [3.63, 3.8) is 0 Å². The van der Waals surface area contributed by atoms with Crippen LogP contribution in [0.5, 0.6) is 0 Å². The zero-order valence-corrected chi connectivity index (χ0v) is 9.55. The van der Waals surface area contributed by atoms with E-state index in [1.807, 2.05) is 23.9 Å². The molecule has 2 rings (SSSR count). The Morgan fingerprint density at radius 2 is 2.33 bits per heavy atom. The van der Waals surface area contributed by atoms with Gasteiger partial charge in [-0.25, -0.2) is 0 Å². The van der Waals surface area contributed by atoms with Gasteiger partial charge < -0.3 is 14.8 Å². The molecule has 1 saturated heterocycles. The largest absolute Gasteiger partial charge is 0.462 e. The first kappa shape index (κ1) is 11.0. The van der Waals surface area contributed by atoms with Crippen molar-refractivity contribution in [2.45, 2.75) is 32.0 Å². The molecule has 4 heteroatoms. The third kappa shape index (κ3) is 3.26. The van der Waals surface area contributed by atoms with E-state index in [1.165, 1.54) is 24.3 Å². The zero-order valence-electron chi connectivity index (χ0n) is 8.74. The van der Waals surface area contributed by atoms with E-state index < -0.39 is 0 Å². The van der Waals surface area contributed by atoms with Gasteiger partial charge in [-0.15, -0.1) is 0 Å². The fraction of sp³-hybridized carbons (Fsp3) is 0.636. The van der Waals surface area contributed by atoms with Crippen LogP contribution in [-0.2, 0) is 13.2 Å². The third-order valence-corrected chi connectivity index (χ3v) is 3.81. The summed E-state index contributed by atoms with van der Waals surface area (Å²) >= 11 is 2.01. The van der Waals surface area contributed by atoms with E-state index in [1.54, 1.807) is 0 Å². The Kier molecular flexibility index (Phi) is 4.11. The fourth-order valence-electron chi connectivity index (χ4n) is 1.75. The molecule has 3 nitrogen and oxygen atoms in total. The van der Waals surface area contributed by atoms with Crippen LogP contribution in [0.2, 0.25) is 0 Å². The molecule has 1 aromatic heterocycles. The van der Waals surface area contributed by atoms with Crippen LogP contribution in [0, 0.1) is 0 Å². The summed E-state index contributed by atoms with van der Waals surface area (Å²) in [6.45, 7) is 0.754. The van der Waals surface area contributed by atoms with Crippen LogP contribution in [0.1, 0.15) is 24.4 Å². The molecule has 2 N–H and O–H groups in total. The van der Waals surface area contributed by atoms with Gasteiger partial charge in [0.2, 0.25) is 0 Å². The van der Waals surface area contributed by atoms with Crippen LogP contribution in [0.3, 0.4) is 0 Å². The molecule has 1 aliphatic heterocycles. The van der Waals surface area contributed by atoms with Crippen LogP contribution in [-0.4, -0.2) is 22.7 Å². The van der Waals surface area contributed by atoms with Crippen molar-refractivity contribution < 1.29 is 9.52 Å². The second kappa shape index (κ2) is 5.58. The average molecular weight is 227 g/mol. The number of hydrogen-bond donors (Lipinski definition) is 2. The van der Waals surface area contributed by atoms with Crippen molar-refractivity contribution in [2.75, 3.05) is 11.5 Å². The average Bonchev–Trinajstić information content (AvgIpc) is 2.76. The van der Waals surface area contributed by atoms with Crippen LogP contribution >= 0.6 is 11.8 Å². The first-order valence-electron chi connectivity index (χ1n) is 5.38. The minimum atomic E-state index is -0.0146. The van der Waals surface area contributed by atoms with Gasteiger partial charge in [0.25, 0.3) is 0 Å². The normalized spacial score (nSPS) is 21.8. The molecule has 0 spiro atoms. The molecule has 1 atom stereocenters. The van der Waals surface area contributed by atoms with Crippen LogP contribution in [0.4, 0.5) is 0 Å². The van der Waals surface area contributed by atoms with E-state index in [4.69, 9.17) is 9.52 Å². The fourth-order valence-corrected chi connectivity index (χ4v) is 2.86. The number of rotatable bonds is 4. The van der Waals surface area contributed by atoms with Crippen molar-refractivity contribution >= 4 is 11.8 Å². The summed E-state index contributed by atoms with van der Waals surface area (Å²) in [4.78, 5) is 0. The Balaban J connectivity index is 1.76. The van der Waals surface area contributed by atoms with Crippen molar-refractivity contribution in [1.82, 2.24) is 5.32 Å². The van der Waals surface area contributed by atoms with Gasteiger partial charge in [0.15, 0.2) is 0 Å². The first-order chi connectivity index (χ1) is 7.38. The Bertz CT molecular complexity index is 295. The van der Waals surface area contributed by atoms with Gasteiger partial charge in [-0.05, 0) is 30.7 Å². The number of hydrogen-bond acceptors (Lipinski definition) is 4. The monoisotopic (exact) mass is 227 g/mol. The molecular weight excluding hydrogens is 210 g/mol. The highest BCUT2D eigenvalue weighted by atomic mass is 32.2. The minimum Gasteiger partial charge on any atom is -0.462 e. The van der Waals surface area contributed by atoms with E-state index in [9.17, 15) is 0 Å². The SMILES string of the molecule is OCc1ccc(CN[C@H]2CCCSC2)o1.